The number of piperidine rings is 1. The van der Waals surface area contributed by atoms with Gasteiger partial charge >= 0.3 is 0 Å². The van der Waals surface area contributed by atoms with Gasteiger partial charge in [0.05, 0.1) is 29.5 Å². The molecule has 0 unspecified atom stereocenters. The highest BCUT2D eigenvalue weighted by molar-refractivity contribution is 5.75. The molecule has 0 atom stereocenters. The third-order valence-corrected chi connectivity index (χ3v) is 6.17. The van der Waals surface area contributed by atoms with Crippen LogP contribution in [-0.2, 0) is 6.42 Å². The van der Waals surface area contributed by atoms with Gasteiger partial charge in [-0.2, -0.15) is 4.98 Å². The zero-order chi connectivity index (χ0) is 24.2. The monoisotopic (exact) mass is 477 g/mol. The van der Waals surface area contributed by atoms with Crippen molar-refractivity contribution >= 4 is 22.7 Å². The Labute approximate surface area is 202 Å². The highest BCUT2D eigenvalue weighted by atomic mass is 19.1. The molecule has 0 spiro atoms. The van der Waals surface area contributed by atoms with E-state index in [0.29, 0.717) is 17.6 Å². The van der Waals surface area contributed by atoms with Gasteiger partial charge in [0.25, 0.3) is 0 Å². The van der Waals surface area contributed by atoms with E-state index in [9.17, 15) is 9.50 Å². The maximum absolute atomic E-state index is 14.6. The maximum Gasteiger partial charge on any atom is 0.229 e. The SMILES string of the molecule is CCc1cc(Nc2ncc(F)c(-n3cnc4ccncc43)n2)cc(OCCN2CCC(O)CC2)c1. The fraction of sp³-hybridized carbons (Fsp3) is 0.360. The minimum absolute atomic E-state index is 0.0905. The van der Waals surface area contributed by atoms with Crippen LogP contribution in [0.3, 0.4) is 0 Å². The number of aryl methyl sites for hydroxylation is 1. The number of aliphatic hydroxyl groups excluding tert-OH is 1. The van der Waals surface area contributed by atoms with E-state index in [1.54, 1.807) is 23.0 Å². The predicted molar refractivity (Wildman–Crippen MR) is 131 cm³/mol. The van der Waals surface area contributed by atoms with E-state index < -0.39 is 5.82 Å². The first kappa shape index (κ1) is 23.1. The van der Waals surface area contributed by atoms with Crippen molar-refractivity contribution in [2.45, 2.75) is 32.3 Å². The molecule has 1 aliphatic rings. The highest BCUT2D eigenvalue weighted by Crippen LogP contribution is 2.25. The summed E-state index contributed by atoms with van der Waals surface area (Å²) in [5.41, 5.74) is 3.21. The molecule has 1 aliphatic heterocycles. The van der Waals surface area contributed by atoms with Crippen molar-refractivity contribution in [3.63, 3.8) is 0 Å². The molecule has 0 bridgehead atoms. The van der Waals surface area contributed by atoms with Gasteiger partial charge in [-0.25, -0.2) is 14.4 Å². The Kier molecular flexibility index (Phi) is 6.82. The number of imidazole rings is 1. The van der Waals surface area contributed by atoms with Crippen LogP contribution in [0.2, 0.25) is 0 Å². The predicted octanol–water partition coefficient (Wildman–Crippen LogP) is 3.49. The average Bonchev–Trinajstić information content (AvgIpc) is 3.30. The summed E-state index contributed by atoms with van der Waals surface area (Å²) in [7, 11) is 0. The van der Waals surface area contributed by atoms with E-state index in [4.69, 9.17) is 4.74 Å². The first-order valence-corrected chi connectivity index (χ1v) is 11.8. The molecule has 1 aromatic carbocycles. The lowest BCUT2D eigenvalue weighted by atomic mass is 10.1. The van der Waals surface area contributed by atoms with Gasteiger partial charge in [-0.1, -0.05) is 6.92 Å². The summed E-state index contributed by atoms with van der Waals surface area (Å²) in [6.45, 7) is 5.22. The number of anilines is 2. The number of ether oxygens (including phenoxy) is 1. The number of benzene rings is 1. The van der Waals surface area contributed by atoms with Gasteiger partial charge in [0, 0.05) is 37.6 Å². The van der Waals surface area contributed by atoms with Gasteiger partial charge in [0.15, 0.2) is 11.6 Å². The molecule has 182 valence electrons. The van der Waals surface area contributed by atoms with Gasteiger partial charge in [0.2, 0.25) is 5.95 Å². The quantitative estimate of drug-likeness (QED) is 0.398. The van der Waals surface area contributed by atoms with Crippen molar-refractivity contribution < 1.29 is 14.2 Å². The first-order valence-electron chi connectivity index (χ1n) is 11.8. The molecule has 35 heavy (non-hydrogen) atoms. The molecule has 4 heterocycles. The van der Waals surface area contributed by atoms with Crippen LogP contribution in [0.4, 0.5) is 16.0 Å². The van der Waals surface area contributed by atoms with E-state index in [0.717, 1.165) is 62.1 Å². The summed E-state index contributed by atoms with van der Waals surface area (Å²) in [4.78, 5) is 19.2. The molecular weight excluding hydrogens is 449 g/mol. The van der Waals surface area contributed by atoms with Crippen LogP contribution >= 0.6 is 0 Å². The van der Waals surface area contributed by atoms with Crippen molar-refractivity contribution in [2.75, 3.05) is 31.6 Å². The fourth-order valence-electron chi connectivity index (χ4n) is 4.20. The number of halogens is 1. The molecule has 1 fully saturated rings. The number of nitrogens with zero attached hydrogens (tertiary/aromatic N) is 6. The second-order valence-electron chi connectivity index (χ2n) is 8.61. The van der Waals surface area contributed by atoms with Crippen LogP contribution < -0.4 is 10.1 Å². The largest absolute Gasteiger partial charge is 0.492 e. The number of pyridine rings is 1. The smallest absolute Gasteiger partial charge is 0.229 e. The number of hydrogen-bond donors (Lipinski definition) is 2. The van der Waals surface area contributed by atoms with E-state index in [-0.39, 0.29) is 17.9 Å². The molecule has 0 radical (unpaired) electrons. The minimum Gasteiger partial charge on any atom is -0.492 e. The molecule has 3 aromatic heterocycles. The summed E-state index contributed by atoms with van der Waals surface area (Å²) in [6.07, 6.45) is 8.20. The summed E-state index contributed by atoms with van der Waals surface area (Å²) in [6, 6.07) is 7.67. The Balaban J connectivity index is 1.32. The number of aromatic nitrogens is 5. The molecular formula is C25H28FN7O2. The summed E-state index contributed by atoms with van der Waals surface area (Å²) >= 11 is 0. The second kappa shape index (κ2) is 10.3. The molecule has 9 nitrogen and oxygen atoms in total. The molecule has 2 N–H and O–H groups in total. The molecule has 5 rings (SSSR count). The fourth-order valence-corrected chi connectivity index (χ4v) is 4.20. The van der Waals surface area contributed by atoms with Gasteiger partial charge in [-0.15, -0.1) is 0 Å². The van der Waals surface area contributed by atoms with Crippen molar-refractivity contribution in [3.05, 3.63) is 60.6 Å². The lowest BCUT2D eigenvalue weighted by Crippen LogP contribution is -2.38. The van der Waals surface area contributed by atoms with Crippen LogP contribution in [0, 0.1) is 5.82 Å². The Morgan fingerprint density at radius 2 is 2.03 bits per heavy atom. The summed E-state index contributed by atoms with van der Waals surface area (Å²) in [5.74, 6) is 0.541. The lowest BCUT2D eigenvalue weighted by molar-refractivity contribution is 0.0755. The normalized spacial score (nSPS) is 14.9. The van der Waals surface area contributed by atoms with E-state index in [1.165, 1.54) is 6.33 Å². The van der Waals surface area contributed by atoms with E-state index in [2.05, 4.69) is 37.1 Å². The molecule has 1 saturated heterocycles. The lowest BCUT2D eigenvalue weighted by Gasteiger charge is -2.29. The van der Waals surface area contributed by atoms with Crippen LogP contribution in [0.5, 0.6) is 5.75 Å². The topological polar surface area (TPSA) is 101 Å². The molecule has 0 aliphatic carbocycles. The number of nitrogens with one attached hydrogen (secondary N) is 1. The Morgan fingerprint density at radius 3 is 2.86 bits per heavy atom. The molecule has 4 aromatic rings. The van der Waals surface area contributed by atoms with Crippen molar-refractivity contribution in [1.29, 1.82) is 0 Å². The van der Waals surface area contributed by atoms with Crippen LogP contribution in [-0.4, -0.2) is 66.9 Å². The number of likely N-dealkylation sites (tertiary alicyclic amines) is 1. The average molecular weight is 478 g/mol. The van der Waals surface area contributed by atoms with Crippen molar-refractivity contribution in [3.8, 4) is 11.6 Å². The third-order valence-electron chi connectivity index (χ3n) is 6.17. The zero-order valence-corrected chi connectivity index (χ0v) is 19.6. The Bertz CT molecular complexity index is 1300. The van der Waals surface area contributed by atoms with Gasteiger partial charge in [0.1, 0.15) is 18.7 Å². The van der Waals surface area contributed by atoms with Crippen molar-refractivity contribution in [2.24, 2.45) is 0 Å². The Morgan fingerprint density at radius 1 is 1.17 bits per heavy atom. The number of hydrogen-bond acceptors (Lipinski definition) is 8. The number of rotatable bonds is 8. The molecule has 0 saturated carbocycles. The van der Waals surface area contributed by atoms with Crippen molar-refractivity contribution in [1.82, 2.24) is 29.4 Å². The van der Waals surface area contributed by atoms with Crippen LogP contribution in [0.25, 0.3) is 16.9 Å². The van der Waals surface area contributed by atoms with Gasteiger partial charge in [-0.3, -0.25) is 14.5 Å². The summed E-state index contributed by atoms with van der Waals surface area (Å²) in [5, 5.41) is 12.9. The first-order chi connectivity index (χ1) is 17.1. The zero-order valence-electron chi connectivity index (χ0n) is 19.6. The van der Waals surface area contributed by atoms with Crippen LogP contribution in [0.1, 0.15) is 25.3 Å². The van der Waals surface area contributed by atoms with Gasteiger partial charge in [-0.05, 0) is 43.0 Å². The summed E-state index contributed by atoms with van der Waals surface area (Å²) < 4.78 is 22.2. The molecule has 10 heteroatoms. The Hall–Kier alpha value is -3.63. The number of aliphatic hydroxyl groups is 1. The van der Waals surface area contributed by atoms with Gasteiger partial charge < -0.3 is 15.2 Å². The maximum atomic E-state index is 14.6. The standard InChI is InChI=1S/C25H28FN7O2/c1-2-17-11-18(13-20(12-17)35-10-9-32-7-4-19(34)5-8-32)30-25-28-14-21(26)24(31-25)33-16-29-22-3-6-27-15-23(22)33/h3,6,11-16,19,34H,2,4-5,7-10H2,1H3,(H,28,30,31). The number of fused-ring (bicyclic) bond motifs is 1. The van der Waals surface area contributed by atoms with E-state index in [1.807, 2.05) is 18.2 Å². The van der Waals surface area contributed by atoms with E-state index >= 15 is 0 Å². The second-order valence-corrected chi connectivity index (χ2v) is 8.61. The third kappa shape index (κ3) is 5.39. The highest BCUT2D eigenvalue weighted by Gasteiger charge is 2.17. The van der Waals surface area contributed by atoms with Crippen LogP contribution in [0.15, 0.2) is 49.2 Å². The molecule has 0 amide bonds. The minimum atomic E-state index is -0.560.